The van der Waals surface area contributed by atoms with Crippen LogP contribution >= 0.6 is 0 Å². The minimum absolute atomic E-state index is 0.0291. The molecule has 0 unspecified atom stereocenters. The van der Waals surface area contributed by atoms with Crippen LogP contribution in [-0.2, 0) is 30.8 Å². The van der Waals surface area contributed by atoms with Crippen molar-refractivity contribution in [2.75, 3.05) is 11.9 Å². The van der Waals surface area contributed by atoms with Crippen molar-refractivity contribution in [3.05, 3.63) is 60.2 Å². The minimum atomic E-state index is -3.78. The lowest BCUT2D eigenvalue weighted by molar-refractivity contribution is -0.149. The summed E-state index contributed by atoms with van der Waals surface area (Å²) in [6.45, 7) is 3.38. The number of hydrogen-bond donors (Lipinski definition) is 1. The van der Waals surface area contributed by atoms with E-state index < -0.39 is 21.4 Å². The lowest BCUT2D eigenvalue weighted by atomic mass is 9.85. The number of ether oxygens (including phenoxy) is 1. The van der Waals surface area contributed by atoms with Gasteiger partial charge in [0.15, 0.2) is 5.78 Å². The molecule has 0 saturated heterocycles. The number of sulfonamides is 1. The Morgan fingerprint density at radius 2 is 1.71 bits per heavy atom. The number of benzene rings is 2. The summed E-state index contributed by atoms with van der Waals surface area (Å²) in [6, 6.07) is 16.2. The topological polar surface area (TPSA) is 102 Å². The molecule has 2 aromatic rings. The average molecular weight is 443 g/mol. The van der Waals surface area contributed by atoms with E-state index in [9.17, 15) is 18.0 Å². The number of esters is 1. The van der Waals surface area contributed by atoms with Gasteiger partial charge in [-0.2, -0.15) is 8.42 Å². The summed E-state index contributed by atoms with van der Waals surface area (Å²) in [5, 5.41) is 3.03. The molecule has 0 saturated carbocycles. The summed E-state index contributed by atoms with van der Waals surface area (Å²) in [6.07, 6.45) is 1.17. The Morgan fingerprint density at radius 3 is 2.45 bits per heavy atom. The smallest absolute Gasteiger partial charge is 0.306 e. The maximum atomic E-state index is 12.4. The molecule has 7 nitrogen and oxygen atoms in total. The molecule has 0 aliphatic carbocycles. The zero-order chi connectivity index (χ0) is 22.5. The number of fused-ring (bicyclic) bond motifs is 1. The van der Waals surface area contributed by atoms with Crippen LogP contribution in [-0.4, -0.2) is 32.6 Å². The standard InChI is InChI=1S/C23H26N2O5S/c1-23(2,14-21-24-19-10-6-7-11-20(19)31(28,29)25-21)15-22(27)30-16-18(26)13-12-17-8-4-3-5-9-17/h3-11H,12-16H2,1-2H3,(H,24,25). The maximum absolute atomic E-state index is 12.4. The quantitative estimate of drug-likeness (QED) is 0.594. The largest absolute Gasteiger partial charge is 0.458 e. The fourth-order valence-electron chi connectivity index (χ4n) is 3.36. The van der Waals surface area contributed by atoms with Gasteiger partial charge in [0.25, 0.3) is 10.0 Å². The second kappa shape index (κ2) is 9.43. The highest BCUT2D eigenvalue weighted by molar-refractivity contribution is 7.90. The van der Waals surface area contributed by atoms with Crippen LogP contribution in [0.1, 0.15) is 38.7 Å². The van der Waals surface area contributed by atoms with E-state index >= 15 is 0 Å². The molecule has 1 N–H and O–H groups in total. The van der Waals surface area contributed by atoms with Crippen molar-refractivity contribution in [1.29, 1.82) is 0 Å². The van der Waals surface area contributed by atoms with Gasteiger partial charge in [-0.05, 0) is 29.5 Å². The van der Waals surface area contributed by atoms with Crippen LogP contribution in [0.15, 0.2) is 63.9 Å². The van der Waals surface area contributed by atoms with Crippen LogP contribution in [0.5, 0.6) is 0 Å². The van der Waals surface area contributed by atoms with E-state index in [0.29, 0.717) is 18.5 Å². The third kappa shape index (κ3) is 6.49. The zero-order valence-electron chi connectivity index (χ0n) is 17.6. The molecular weight excluding hydrogens is 416 g/mol. The van der Waals surface area contributed by atoms with Crippen molar-refractivity contribution in [1.82, 2.24) is 0 Å². The van der Waals surface area contributed by atoms with Gasteiger partial charge in [0.2, 0.25) is 0 Å². The van der Waals surface area contributed by atoms with Gasteiger partial charge in [-0.1, -0.05) is 56.3 Å². The first-order chi connectivity index (χ1) is 14.6. The number of carbonyl (C=O) groups is 2. The summed E-state index contributed by atoms with van der Waals surface area (Å²) < 4.78 is 33.7. The SMILES string of the molecule is CC(C)(CC(=O)OCC(=O)CCc1ccccc1)CC1=NS(=O)(=O)c2ccccc2N1. The number of para-hydroxylation sites is 1. The number of rotatable bonds is 9. The number of ketones is 1. The molecule has 1 heterocycles. The van der Waals surface area contributed by atoms with Crippen molar-refractivity contribution in [3.63, 3.8) is 0 Å². The average Bonchev–Trinajstić information content (AvgIpc) is 2.70. The molecule has 3 rings (SSSR count). The van der Waals surface area contributed by atoms with Crippen LogP contribution in [0.25, 0.3) is 0 Å². The molecule has 164 valence electrons. The summed E-state index contributed by atoms with van der Waals surface area (Å²) in [7, 11) is -3.78. The Hall–Kier alpha value is -3.00. The molecule has 1 aliphatic heterocycles. The second-order valence-corrected chi connectivity index (χ2v) is 9.91. The Labute approximate surface area is 182 Å². The van der Waals surface area contributed by atoms with Gasteiger partial charge in [0.1, 0.15) is 17.3 Å². The van der Waals surface area contributed by atoms with E-state index in [4.69, 9.17) is 4.74 Å². The van der Waals surface area contributed by atoms with Gasteiger partial charge in [-0.3, -0.25) is 9.59 Å². The fourth-order valence-corrected chi connectivity index (χ4v) is 4.51. The number of nitrogens with one attached hydrogen (secondary N) is 1. The monoisotopic (exact) mass is 442 g/mol. The van der Waals surface area contributed by atoms with E-state index in [1.54, 1.807) is 18.2 Å². The summed E-state index contributed by atoms with van der Waals surface area (Å²) in [5.41, 5.74) is 0.910. The van der Waals surface area contributed by atoms with E-state index in [2.05, 4.69) is 9.71 Å². The van der Waals surface area contributed by atoms with Gasteiger partial charge in [0.05, 0.1) is 12.1 Å². The molecule has 31 heavy (non-hydrogen) atoms. The highest BCUT2D eigenvalue weighted by Crippen LogP contribution is 2.32. The maximum Gasteiger partial charge on any atom is 0.306 e. The summed E-state index contributed by atoms with van der Waals surface area (Å²) in [4.78, 5) is 24.4. The molecule has 0 atom stereocenters. The van der Waals surface area contributed by atoms with Crippen LogP contribution in [0.3, 0.4) is 0 Å². The van der Waals surface area contributed by atoms with Crippen LogP contribution < -0.4 is 5.32 Å². The lowest BCUT2D eigenvalue weighted by Crippen LogP contribution is -2.29. The number of carbonyl (C=O) groups excluding carboxylic acids is 2. The molecule has 0 aromatic heterocycles. The number of amidine groups is 1. The predicted octanol–water partition coefficient (Wildman–Crippen LogP) is 3.75. The number of anilines is 1. The molecule has 0 radical (unpaired) electrons. The second-order valence-electron chi connectivity index (χ2n) is 8.34. The van der Waals surface area contributed by atoms with Crippen LogP contribution in [0, 0.1) is 5.41 Å². The Kier molecular flexibility index (Phi) is 6.90. The number of aryl methyl sites for hydroxylation is 1. The first kappa shape index (κ1) is 22.7. The molecule has 0 spiro atoms. The highest BCUT2D eigenvalue weighted by Gasteiger charge is 2.30. The molecule has 2 aromatic carbocycles. The zero-order valence-corrected chi connectivity index (χ0v) is 18.4. The molecule has 0 amide bonds. The van der Waals surface area contributed by atoms with Crippen molar-refractivity contribution in [3.8, 4) is 0 Å². The van der Waals surface area contributed by atoms with E-state index in [1.807, 2.05) is 44.2 Å². The lowest BCUT2D eigenvalue weighted by Gasteiger charge is -2.26. The van der Waals surface area contributed by atoms with E-state index in [0.717, 1.165) is 5.56 Å². The molecule has 0 fully saturated rings. The number of Topliss-reactive ketones (excluding diaryl/α,β-unsaturated/α-hetero) is 1. The van der Waals surface area contributed by atoms with Crippen LogP contribution in [0.2, 0.25) is 0 Å². The highest BCUT2D eigenvalue weighted by atomic mass is 32.2. The normalized spacial score (nSPS) is 14.7. The van der Waals surface area contributed by atoms with Crippen molar-refractivity contribution in [2.24, 2.45) is 9.81 Å². The third-order valence-corrected chi connectivity index (χ3v) is 6.25. The van der Waals surface area contributed by atoms with Crippen molar-refractivity contribution >= 4 is 33.3 Å². The van der Waals surface area contributed by atoms with Gasteiger partial charge < -0.3 is 10.1 Å². The minimum Gasteiger partial charge on any atom is -0.458 e. The van der Waals surface area contributed by atoms with Gasteiger partial charge in [-0.25, -0.2) is 0 Å². The Morgan fingerprint density at radius 1 is 1.03 bits per heavy atom. The molecule has 1 aliphatic rings. The van der Waals surface area contributed by atoms with Crippen molar-refractivity contribution < 1.29 is 22.7 Å². The number of hydrogen-bond acceptors (Lipinski definition) is 6. The predicted molar refractivity (Wildman–Crippen MR) is 118 cm³/mol. The Bertz CT molecular complexity index is 1090. The first-order valence-electron chi connectivity index (χ1n) is 10.1. The van der Waals surface area contributed by atoms with Gasteiger partial charge in [0, 0.05) is 12.8 Å². The number of nitrogens with zero attached hydrogens (tertiary/aromatic N) is 1. The summed E-state index contributed by atoms with van der Waals surface area (Å²) >= 11 is 0. The molecule has 0 bridgehead atoms. The van der Waals surface area contributed by atoms with E-state index in [1.165, 1.54) is 6.07 Å². The molecular formula is C23H26N2O5S. The fraction of sp³-hybridized carbons (Fsp3) is 0.348. The van der Waals surface area contributed by atoms with Gasteiger partial charge >= 0.3 is 5.97 Å². The van der Waals surface area contributed by atoms with Gasteiger partial charge in [-0.15, -0.1) is 4.40 Å². The van der Waals surface area contributed by atoms with Crippen LogP contribution in [0.4, 0.5) is 5.69 Å². The molecule has 8 heteroatoms. The van der Waals surface area contributed by atoms with E-state index in [-0.39, 0.29) is 36.0 Å². The first-order valence-corrected chi connectivity index (χ1v) is 11.5. The Balaban J connectivity index is 1.49. The van der Waals surface area contributed by atoms with Crippen molar-refractivity contribution in [2.45, 2.75) is 44.4 Å². The third-order valence-electron chi connectivity index (χ3n) is 4.87. The summed E-state index contributed by atoms with van der Waals surface area (Å²) in [5.74, 6) is -0.371.